The number of nitrogens with two attached hydrogens (primary N) is 1. The van der Waals surface area contributed by atoms with Gasteiger partial charge in [0.05, 0.1) is 13.2 Å². The van der Waals surface area contributed by atoms with Crippen LogP contribution in [0.5, 0.6) is 0 Å². The molecule has 17 heavy (non-hydrogen) atoms. The smallest absolute Gasteiger partial charge is 0.0594 e. The highest BCUT2D eigenvalue weighted by Gasteiger charge is 2.33. The molecule has 2 rings (SSSR count). The third kappa shape index (κ3) is 4.54. The summed E-state index contributed by atoms with van der Waals surface area (Å²) in [5, 5.41) is 0. The van der Waals surface area contributed by atoms with Gasteiger partial charge in [-0.1, -0.05) is 6.92 Å². The molecule has 0 aliphatic carbocycles. The predicted octanol–water partition coefficient (Wildman–Crippen LogP) is 0.441. The lowest BCUT2D eigenvalue weighted by Gasteiger charge is -2.34. The van der Waals surface area contributed by atoms with Crippen molar-refractivity contribution in [2.75, 3.05) is 52.5 Å². The van der Waals surface area contributed by atoms with Gasteiger partial charge in [-0.15, -0.1) is 24.8 Å². The van der Waals surface area contributed by atoms with E-state index in [-0.39, 0.29) is 24.8 Å². The van der Waals surface area contributed by atoms with E-state index in [1.54, 1.807) is 0 Å². The number of nitrogens with zero attached hydrogens (tertiary/aromatic N) is 2. The lowest BCUT2D eigenvalue weighted by Crippen LogP contribution is -2.46. The van der Waals surface area contributed by atoms with Gasteiger partial charge in [0.25, 0.3) is 0 Å². The molecule has 0 radical (unpaired) electrons. The second kappa shape index (κ2) is 8.51. The van der Waals surface area contributed by atoms with Crippen molar-refractivity contribution < 1.29 is 4.74 Å². The standard InChI is InChI=1S/C11H23N3O.2ClH/c1-10-8-13(3-2-12)9-11(10)14-4-6-15-7-5-14;;/h10-11H,2-9,12H2,1H3;2*1H. The monoisotopic (exact) mass is 285 g/mol. The Morgan fingerprint density at radius 2 is 1.82 bits per heavy atom. The molecule has 0 aromatic rings. The van der Waals surface area contributed by atoms with Crippen molar-refractivity contribution in [3.63, 3.8) is 0 Å². The summed E-state index contributed by atoms with van der Waals surface area (Å²) < 4.78 is 5.39. The van der Waals surface area contributed by atoms with E-state index in [0.717, 1.165) is 51.4 Å². The van der Waals surface area contributed by atoms with Gasteiger partial charge in [0.15, 0.2) is 0 Å². The molecule has 2 atom stereocenters. The average Bonchev–Trinajstić information content (AvgIpc) is 2.61. The van der Waals surface area contributed by atoms with Crippen LogP contribution in [0.25, 0.3) is 0 Å². The van der Waals surface area contributed by atoms with E-state index in [1.165, 1.54) is 13.1 Å². The zero-order valence-corrected chi connectivity index (χ0v) is 12.1. The first-order chi connectivity index (χ1) is 7.31. The largest absolute Gasteiger partial charge is 0.379 e. The van der Waals surface area contributed by atoms with Gasteiger partial charge < -0.3 is 15.4 Å². The second-order valence-electron chi connectivity index (χ2n) is 4.74. The van der Waals surface area contributed by atoms with Crippen molar-refractivity contribution in [2.24, 2.45) is 11.7 Å². The molecule has 0 saturated carbocycles. The van der Waals surface area contributed by atoms with Crippen molar-refractivity contribution in [1.82, 2.24) is 9.80 Å². The molecule has 0 aromatic heterocycles. The third-order valence-electron chi connectivity index (χ3n) is 3.61. The summed E-state index contributed by atoms with van der Waals surface area (Å²) >= 11 is 0. The minimum atomic E-state index is 0. The van der Waals surface area contributed by atoms with Crippen molar-refractivity contribution in [1.29, 1.82) is 0 Å². The van der Waals surface area contributed by atoms with Crippen LogP contribution in [0.1, 0.15) is 6.92 Å². The quantitative estimate of drug-likeness (QED) is 0.817. The molecule has 2 aliphatic heterocycles. The van der Waals surface area contributed by atoms with Crippen LogP contribution < -0.4 is 5.73 Å². The summed E-state index contributed by atoms with van der Waals surface area (Å²) in [4.78, 5) is 5.08. The number of halogens is 2. The molecule has 2 aliphatic rings. The highest BCUT2D eigenvalue weighted by atomic mass is 35.5. The van der Waals surface area contributed by atoms with Crippen LogP contribution in [0.15, 0.2) is 0 Å². The normalized spacial score (nSPS) is 30.7. The lowest BCUT2D eigenvalue weighted by molar-refractivity contribution is 0.0119. The maximum absolute atomic E-state index is 5.60. The van der Waals surface area contributed by atoms with Gasteiger partial charge in [0, 0.05) is 45.3 Å². The number of hydrogen-bond donors (Lipinski definition) is 1. The number of likely N-dealkylation sites (tertiary alicyclic amines) is 1. The van der Waals surface area contributed by atoms with Gasteiger partial charge in [-0.3, -0.25) is 4.90 Å². The van der Waals surface area contributed by atoms with Gasteiger partial charge in [-0.05, 0) is 5.92 Å². The van der Waals surface area contributed by atoms with Crippen LogP contribution >= 0.6 is 24.8 Å². The molecule has 2 heterocycles. The van der Waals surface area contributed by atoms with Crippen LogP contribution in [-0.2, 0) is 4.74 Å². The molecule has 2 fully saturated rings. The fourth-order valence-electron chi connectivity index (χ4n) is 2.80. The van der Waals surface area contributed by atoms with E-state index in [2.05, 4.69) is 16.7 Å². The molecule has 104 valence electrons. The average molecular weight is 286 g/mol. The minimum absolute atomic E-state index is 0. The molecular formula is C11H25Cl2N3O. The maximum atomic E-state index is 5.60. The highest BCUT2D eigenvalue weighted by Crippen LogP contribution is 2.22. The van der Waals surface area contributed by atoms with Crippen LogP contribution in [0.4, 0.5) is 0 Å². The van der Waals surface area contributed by atoms with Crippen molar-refractivity contribution in [2.45, 2.75) is 13.0 Å². The molecule has 0 bridgehead atoms. The minimum Gasteiger partial charge on any atom is -0.379 e. The summed E-state index contributed by atoms with van der Waals surface area (Å²) in [6.45, 7) is 10.6. The Labute approximate surface area is 117 Å². The Morgan fingerprint density at radius 3 is 2.41 bits per heavy atom. The third-order valence-corrected chi connectivity index (χ3v) is 3.61. The molecule has 0 amide bonds. The Balaban J connectivity index is 0.00000128. The van der Waals surface area contributed by atoms with E-state index in [0.29, 0.717) is 0 Å². The Hall–Kier alpha value is 0.420. The number of ether oxygens (including phenoxy) is 1. The maximum Gasteiger partial charge on any atom is 0.0594 e. The van der Waals surface area contributed by atoms with E-state index in [1.807, 2.05) is 0 Å². The second-order valence-corrected chi connectivity index (χ2v) is 4.74. The fourth-order valence-corrected chi connectivity index (χ4v) is 2.80. The first kappa shape index (κ1) is 17.4. The van der Waals surface area contributed by atoms with E-state index >= 15 is 0 Å². The van der Waals surface area contributed by atoms with Gasteiger partial charge in [-0.2, -0.15) is 0 Å². The molecular weight excluding hydrogens is 261 g/mol. The Kier molecular flexibility index (Phi) is 8.72. The number of rotatable bonds is 3. The van der Waals surface area contributed by atoms with E-state index in [4.69, 9.17) is 10.5 Å². The van der Waals surface area contributed by atoms with Crippen LogP contribution in [0.3, 0.4) is 0 Å². The molecule has 4 nitrogen and oxygen atoms in total. The molecule has 6 heteroatoms. The molecule has 0 spiro atoms. The Morgan fingerprint density at radius 1 is 1.18 bits per heavy atom. The summed E-state index contributed by atoms with van der Waals surface area (Å²) in [5.41, 5.74) is 5.60. The molecule has 2 N–H and O–H groups in total. The SMILES string of the molecule is CC1CN(CCN)CC1N1CCOCC1.Cl.Cl. The van der Waals surface area contributed by atoms with Gasteiger partial charge in [-0.25, -0.2) is 0 Å². The number of hydrogen-bond acceptors (Lipinski definition) is 4. The summed E-state index contributed by atoms with van der Waals surface area (Å²) in [5.74, 6) is 0.773. The van der Waals surface area contributed by atoms with Crippen molar-refractivity contribution in [3.05, 3.63) is 0 Å². The number of morpholine rings is 1. The van der Waals surface area contributed by atoms with Crippen LogP contribution in [-0.4, -0.2) is 68.3 Å². The molecule has 0 aromatic carbocycles. The Bertz CT molecular complexity index is 203. The van der Waals surface area contributed by atoms with Crippen molar-refractivity contribution >= 4 is 24.8 Å². The van der Waals surface area contributed by atoms with Gasteiger partial charge in [0.1, 0.15) is 0 Å². The zero-order valence-electron chi connectivity index (χ0n) is 10.5. The zero-order chi connectivity index (χ0) is 10.7. The lowest BCUT2D eigenvalue weighted by atomic mass is 10.0. The first-order valence-corrected chi connectivity index (χ1v) is 6.05. The molecule has 2 saturated heterocycles. The summed E-state index contributed by atoms with van der Waals surface area (Å²) in [7, 11) is 0. The van der Waals surface area contributed by atoms with E-state index < -0.39 is 0 Å². The molecule has 2 unspecified atom stereocenters. The fraction of sp³-hybridized carbons (Fsp3) is 1.00. The summed E-state index contributed by atoms with van der Waals surface area (Å²) in [6, 6.07) is 0.723. The van der Waals surface area contributed by atoms with Crippen molar-refractivity contribution in [3.8, 4) is 0 Å². The van der Waals surface area contributed by atoms with E-state index in [9.17, 15) is 0 Å². The topological polar surface area (TPSA) is 41.7 Å². The predicted molar refractivity (Wildman–Crippen MR) is 75.3 cm³/mol. The van der Waals surface area contributed by atoms with Crippen LogP contribution in [0.2, 0.25) is 0 Å². The summed E-state index contributed by atoms with van der Waals surface area (Å²) in [6.07, 6.45) is 0. The van der Waals surface area contributed by atoms with Gasteiger partial charge >= 0.3 is 0 Å². The van der Waals surface area contributed by atoms with Gasteiger partial charge in [0.2, 0.25) is 0 Å². The first-order valence-electron chi connectivity index (χ1n) is 6.05. The van der Waals surface area contributed by atoms with Crippen LogP contribution in [0, 0.1) is 5.92 Å². The highest BCUT2D eigenvalue weighted by molar-refractivity contribution is 5.85.